The lowest BCUT2D eigenvalue weighted by molar-refractivity contribution is -0.137. The van der Waals surface area contributed by atoms with Crippen LogP contribution in [0, 0.1) is 5.41 Å². The number of aliphatic hydroxyl groups excluding tert-OH is 1. The van der Waals surface area contributed by atoms with E-state index in [0.29, 0.717) is 17.7 Å². The molecule has 2 aromatic rings. The van der Waals surface area contributed by atoms with Crippen molar-refractivity contribution in [2.24, 2.45) is 5.41 Å². The van der Waals surface area contributed by atoms with Crippen LogP contribution in [0.1, 0.15) is 50.8 Å². The highest BCUT2D eigenvalue weighted by Gasteiger charge is 2.30. The van der Waals surface area contributed by atoms with Gasteiger partial charge in [-0.2, -0.15) is 13.2 Å². The lowest BCUT2D eigenvalue weighted by Gasteiger charge is -2.20. The van der Waals surface area contributed by atoms with E-state index < -0.39 is 17.8 Å². The van der Waals surface area contributed by atoms with Crippen molar-refractivity contribution in [2.75, 3.05) is 0 Å². The smallest absolute Gasteiger partial charge is 0.388 e. The molecule has 5 heteroatoms. The van der Waals surface area contributed by atoms with Crippen molar-refractivity contribution in [3.8, 4) is 11.3 Å². The topological polar surface area (TPSA) is 33.1 Å². The fourth-order valence-electron chi connectivity index (χ4n) is 2.34. The highest BCUT2D eigenvalue weighted by Crippen LogP contribution is 2.31. The summed E-state index contributed by atoms with van der Waals surface area (Å²) in [6.45, 7) is 6.35. The summed E-state index contributed by atoms with van der Waals surface area (Å²) in [4.78, 5) is 4.27. The van der Waals surface area contributed by atoms with Crippen LogP contribution in [0.3, 0.4) is 0 Å². The van der Waals surface area contributed by atoms with Crippen LogP contribution < -0.4 is 0 Å². The summed E-state index contributed by atoms with van der Waals surface area (Å²) in [5.41, 5.74) is 1.37. The largest absolute Gasteiger partial charge is 0.416 e. The predicted octanol–water partition coefficient (Wildman–Crippen LogP) is 5.63. The average Bonchev–Trinajstić information content (AvgIpc) is 2.51. The van der Waals surface area contributed by atoms with Crippen molar-refractivity contribution in [3.05, 3.63) is 53.7 Å². The minimum Gasteiger partial charge on any atom is -0.388 e. The van der Waals surface area contributed by atoms with E-state index in [-0.39, 0.29) is 5.41 Å². The molecular weight excluding hydrogens is 315 g/mol. The zero-order valence-corrected chi connectivity index (χ0v) is 14.1. The van der Waals surface area contributed by atoms with Gasteiger partial charge in [-0.1, -0.05) is 39.0 Å². The second kappa shape index (κ2) is 6.93. The van der Waals surface area contributed by atoms with Crippen LogP contribution in [-0.2, 0) is 6.18 Å². The molecule has 0 aliphatic carbocycles. The molecule has 1 aromatic carbocycles. The van der Waals surface area contributed by atoms with Crippen LogP contribution in [0.25, 0.3) is 11.3 Å². The molecule has 1 heterocycles. The normalized spacial score (nSPS) is 13.8. The maximum atomic E-state index is 12.6. The Labute approximate surface area is 140 Å². The summed E-state index contributed by atoms with van der Waals surface area (Å²) in [7, 11) is 0. The number of rotatable bonds is 4. The Morgan fingerprint density at radius 2 is 1.62 bits per heavy atom. The number of benzene rings is 1. The van der Waals surface area contributed by atoms with Gasteiger partial charge in [-0.25, -0.2) is 0 Å². The number of hydrogen-bond acceptors (Lipinski definition) is 2. The van der Waals surface area contributed by atoms with Crippen molar-refractivity contribution in [3.63, 3.8) is 0 Å². The zero-order valence-electron chi connectivity index (χ0n) is 14.1. The maximum Gasteiger partial charge on any atom is 0.416 e. The van der Waals surface area contributed by atoms with Crippen LogP contribution in [0.2, 0.25) is 0 Å². The highest BCUT2D eigenvalue weighted by molar-refractivity contribution is 5.59. The highest BCUT2D eigenvalue weighted by atomic mass is 19.4. The van der Waals surface area contributed by atoms with Crippen LogP contribution in [0.5, 0.6) is 0 Å². The van der Waals surface area contributed by atoms with E-state index in [1.807, 2.05) is 0 Å². The first-order valence-corrected chi connectivity index (χ1v) is 7.88. The van der Waals surface area contributed by atoms with E-state index in [4.69, 9.17) is 0 Å². The summed E-state index contributed by atoms with van der Waals surface area (Å²) in [6.07, 6.45) is -1.81. The van der Waals surface area contributed by atoms with Crippen molar-refractivity contribution < 1.29 is 18.3 Å². The van der Waals surface area contributed by atoms with Crippen molar-refractivity contribution >= 4 is 0 Å². The van der Waals surface area contributed by atoms with Crippen LogP contribution in [0.15, 0.2) is 42.6 Å². The standard InChI is InChI=1S/C19H22F3NO/c1-18(2,3)11-10-17(24)14-6-9-16(23-12-14)13-4-7-15(8-5-13)19(20,21)22/h4-9,12,17,24H,10-11H2,1-3H3/t17-/m1/s1. The molecule has 0 saturated heterocycles. The molecule has 0 amide bonds. The third-order valence-corrected chi connectivity index (χ3v) is 3.85. The Bertz CT molecular complexity index is 655. The van der Waals surface area contributed by atoms with Crippen LogP contribution in [0.4, 0.5) is 13.2 Å². The van der Waals surface area contributed by atoms with Crippen LogP contribution >= 0.6 is 0 Å². The van der Waals surface area contributed by atoms with Gasteiger partial charge in [0.2, 0.25) is 0 Å². The molecule has 0 aliphatic heterocycles. The Morgan fingerprint density at radius 1 is 1.00 bits per heavy atom. The number of halogens is 3. The van der Waals surface area contributed by atoms with Gasteiger partial charge in [0, 0.05) is 11.8 Å². The number of aromatic nitrogens is 1. The fourth-order valence-corrected chi connectivity index (χ4v) is 2.34. The molecular formula is C19H22F3NO. The summed E-state index contributed by atoms with van der Waals surface area (Å²) >= 11 is 0. The summed E-state index contributed by atoms with van der Waals surface area (Å²) in [6, 6.07) is 8.39. The SMILES string of the molecule is CC(C)(C)CC[C@@H](O)c1ccc(-c2ccc(C(F)(F)F)cc2)nc1. The van der Waals surface area contributed by atoms with Crippen LogP contribution in [-0.4, -0.2) is 10.1 Å². The third kappa shape index (κ3) is 5.06. The quantitative estimate of drug-likeness (QED) is 0.784. The molecule has 0 saturated carbocycles. The average molecular weight is 337 g/mol. The Balaban J connectivity index is 2.09. The molecule has 130 valence electrons. The number of pyridine rings is 1. The van der Waals surface area contributed by atoms with Gasteiger partial charge in [-0.3, -0.25) is 4.98 Å². The van der Waals surface area contributed by atoms with E-state index in [1.165, 1.54) is 12.1 Å². The molecule has 0 spiro atoms. The summed E-state index contributed by atoms with van der Waals surface area (Å²) < 4.78 is 37.7. The summed E-state index contributed by atoms with van der Waals surface area (Å²) in [5.74, 6) is 0. The van der Waals surface area contributed by atoms with E-state index in [0.717, 1.165) is 24.1 Å². The van der Waals surface area contributed by atoms with Gasteiger partial charge in [0.1, 0.15) is 0 Å². The van der Waals surface area contributed by atoms with Gasteiger partial charge in [-0.05, 0) is 42.0 Å². The second-order valence-electron chi connectivity index (χ2n) is 7.17. The first-order valence-electron chi connectivity index (χ1n) is 7.88. The zero-order chi connectivity index (χ0) is 18.0. The molecule has 0 radical (unpaired) electrons. The molecule has 24 heavy (non-hydrogen) atoms. The van der Waals surface area contributed by atoms with Gasteiger partial charge in [0.25, 0.3) is 0 Å². The number of alkyl halides is 3. The maximum absolute atomic E-state index is 12.6. The molecule has 0 unspecified atom stereocenters. The molecule has 1 N–H and O–H groups in total. The number of nitrogens with zero attached hydrogens (tertiary/aromatic N) is 1. The molecule has 0 bridgehead atoms. The van der Waals surface area contributed by atoms with Gasteiger partial charge < -0.3 is 5.11 Å². The molecule has 0 fully saturated rings. The van der Waals surface area contributed by atoms with E-state index in [9.17, 15) is 18.3 Å². The predicted molar refractivity (Wildman–Crippen MR) is 88.3 cm³/mol. The van der Waals surface area contributed by atoms with E-state index in [1.54, 1.807) is 18.3 Å². The minimum atomic E-state index is -4.34. The first-order chi connectivity index (χ1) is 11.1. The Morgan fingerprint density at radius 3 is 2.08 bits per heavy atom. The lowest BCUT2D eigenvalue weighted by atomic mass is 9.88. The Hall–Kier alpha value is -1.88. The van der Waals surface area contributed by atoms with E-state index >= 15 is 0 Å². The first kappa shape index (κ1) is 18.5. The fraction of sp³-hybridized carbons (Fsp3) is 0.421. The van der Waals surface area contributed by atoms with Gasteiger partial charge in [0.15, 0.2) is 0 Å². The lowest BCUT2D eigenvalue weighted by Crippen LogP contribution is -2.08. The van der Waals surface area contributed by atoms with Crippen molar-refractivity contribution in [1.82, 2.24) is 4.98 Å². The number of hydrogen-bond donors (Lipinski definition) is 1. The molecule has 0 aliphatic rings. The molecule has 1 atom stereocenters. The number of aliphatic hydroxyl groups is 1. The van der Waals surface area contributed by atoms with E-state index in [2.05, 4.69) is 25.8 Å². The third-order valence-electron chi connectivity index (χ3n) is 3.85. The van der Waals surface area contributed by atoms with Crippen molar-refractivity contribution in [2.45, 2.75) is 45.9 Å². The Kier molecular flexibility index (Phi) is 5.33. The van der Waals surface area contributed by atoms with Gasteiger partial charge in [-0.15, -0.1) is 0 Å². The molecule has 1 aromatic heterocycles. The molecule has 2 nitrogen and oxygen atoms in total. The minimum absolute atomic E-state index is 0.147. The molecule has 2 rings (SSSR count). The van der Waals surface area contributed by atoms with Crippen molar-refractivity contribution in [1.29, 1.82) is 0 Å². The summed E-state index contributed by atoms with van der Waals surface area (Å²) in [5, 5.41) is 10.2. The second-order valence-corrected chi connectivity index (χ2v) is 7.17. The monoisotopic (exact) mass is 337 g/mol. The van der Waals surface area contributed by atoms with Gasteiger partial charge in [0.05, 0.1) is 17.4 Å². The van der Waals surface area contributed by atoms with Gasteiger partial charge >= 0.3 is 6.18 Å².